The van der Waals surface area contributed by atoms with Gasteiger partial charge in [0.25, 0.3) is 5.91 Å². The van der Waals surface area contributed by atoms with Crippen LogP contribution in [-0.2, 0) is 16.0 Å². The third-order valence-corrected chi connectivity index (χ3v) is 5.81. The highest BCUT2D eigenvalue weighted by atomic mass is 32.1. The molecule has 5 nitrogen and oxygen atoms in total. The van der Waals surface area contributed by atoms with Gasteiger partial charge in [0.15, 0.2) is 11.5 Å². The van der Waals surface area contributed by atoms with Crippen molar-refractivity contribution in [2.45, 2.75) is 31.4 Å². The van der Waals surface area contributed by atoms with Crippen LogP contribution in [0.2, 0.25) is 0 Å². The fourth-order valence-electron chi connectivity index (χ4n) is 3.48. The minimum atomic E-state index is -0.587. The van der Waals surface area contributed by atoms with Gasteiger partial charge in [0.1, 0.15) is 6.61 Å². The smallest absolute Gasteiger partial charge is 0.267 e. The predicted molar refractivity (Wildman–Crippen MR) is 99.9 cm³/mol. The maximum Gasteiger partial charge on any atom is 0.267 e. The molecule has 0 N–H and O–H groups in total. The summed E-state index contributed by atoms with van der Waals surface area (Å²) in [7, 11) is 0. The molecule has 1 aromatic heterocycles. The number of hydrogen-bond acceptors (Lipinski definition) is 5. The van der Waals surface area contributed by atoms with Crippen LogP contribution < -0.4 is 9.47 Å². The molecule has 1 amide bonds. The first-order valence-electron chi connectivity index (χ1n) is 9.10. The van der Waals surface area contributed by atoms with E-state index >= 15 is 0 Å². The van der Waals surface area contributed by atoms with Gasteiger partial charge in [0.2, 0.25) is 6.10 Å². The van der Waals surface area contributed by atoms with Crippen molar-refractivity contribution in [1.29, 1.82) is 0 Å². The second kappa shape index (κ2) is 8.10. The summed E-state index contributed by atoms with van der Waals surface area (Å²) in [5.41, 5.74) is 0. The number of benzene rings is 1. The number of carbonyl (C=O) groups is 1. The highest BCUT2D eigenvalue weighted by molar-refractivity contribution is 7.09. The fourth-order valence-corrected chi connectivity index (χ4v) is 4.18. The lowest BCUT2D eigenvalue weighted by Crippen LogP contribution is -2.52. The van der Waals surface area contributed by atoms with Crippen molar-refractivity contribution in [2.24, 2.45) is 0 Å². The molecule has 0 radical (unpaired) electrons. The van der Waals surface area contributed by atoms with Gasteiger partial charge in [0, 0.05) is 30.7 Å². The normalized spacial score (nSPS) is 19.9. The number of nitrogens with zero attached hydrogens (tertiary/aromatic N) is 1. The number of carbonyl (C=O) groups excluding carboxylic acids is 1. The van der Waals surface area contributed by atoms with Crippen LogP contribution in [0, 0.1) is 0 Å². The van der Waals surface area contributed by atoms with Gasteiger partial charge in [-0.3, -0.25) is 4.79 Å². The molecule has 0 saturated carbocycles. The summed E-state index contributed by atoms with van der Waals surface area (Å²) >= 11 is 1.73. The van der Waals surface area contributed by atoms with Gasteiger partial charge in [0.05, 0.1) is 0 Å². The third-order valence-electron chi connectivity index (χ3n) is 4.88. The molecule has 0 spiro atoms. The molecule has 6 heteroatoms. The van der Waals surface area contributed by atoms with Crippen molar-refractivity contribution >= 4 is 17.2 Å². The van der Waals surface area contributed by atoms with E-state index in [-0.39, 0.29) is 18.6 Å². The number of amides is 1. The Morgan fingerprint density at radius 2 is 1.92 bits per heavy atom. The van der Waals surface area contributed by atoms with E-state index in [9.17, 15) is 4.79 Å². The van der Waals surface area contributed by atoms with Crippen LogP contribution in [0.1, 0.15) is 17.7 Å². The zero-order valence-electron chi connectivity index (χ0n) is 14.6. The van der Waals surface area contributed by atoms with Crippen molar-refractivity contribution in [3.8, 4) is 11.5 Å². The summed E-state index contributed by atoms with van der Waals surface area (Å²) in [5.74, 6) is 1.36. The molecule has 138 valence electrons. The highest BCUT2D eigenvalue weighted by Gasteiger charge is 2.34. The minimum Gasteiger partial charge on any atom is -0.485 e. The lowest BCUT2D eigenvalue weighted by molar-refractivity contribution is -0.145. The maximum atomic E-state index is 13.3. The van der Waals surface area contributed by atoms with Crippen molar-refractivity contribution in [2.75, 3.05) is 26.4 Å². The Labute approximate surface area is 157 Å². The van der Waals surface area contributed by atoms with Crippen LogP contribution >= 0.6 is 11.3 Å². The van der Waals surface area contributed by atoms with Gasteiger partial charge in [-0.15, -0.1) is 11.3 Å². The first-order chi connectivity index (χ1) is 12.8. The molecule has 2 aliphatic heterocycles. The zero-order valence-corrected chi connectivity index (χ0v) is 15.5. The Hall–Kier alpha value is -2.05. The molecule has 1 aromatic carbocycles. The molecular weight excluding hydrogens is 350 g/mol. The van der Waals surface area contributed by atoms with Crippen LogP contribution in [0.3, 0.4) is 0 Å². The number of hydrogen-bond donors (Lipinski definition) is 0. The number of para-hydroxylation sites is 2. The van der Waals surface area contributed by atoms with E-state index in [1.807, 2.05) is 29.2 Å². The predicted octanol–water partition coefficient (Wildman–Crippen LogP) is 3.14. The van der Waals surface area contributed by atoms with Gasteiger partial charge in [-0.2, -0.15) is 0 Å². The first kappa shape index (κ1) is 17.4. The molecule has 26 heavy (non-hydrogen) atoms. The van der Waals surface area contributed by atoms with Gasteiger partial charge in [-0.05, 0) is 42.8 Å². The monoisotopic (exact) mass is 373 g/mol. The SMILES string of the molecule is O=C(C1COc2ccccc2O1)N(CCc1cccs1)C1CCOCC1. The second-order valence-corrected chi connectivity index (χ2v) is 7.60. The summed E-state index contributed by atoms with van der Waals surface area (Å²) in [6, 6.07) is 11.9. The Morgan fingerprint density at radius 3 is 2.69 bits per heavy atom. The molecule has 1 saturated heterocycles. The van der Waals surface area contributed by atoms with Crippen molar-refractivity contribution in [3.05, 3.63) is 46.7 Å². The molecule has 2 aliphatic rings. The topological polar surface area (TPSA) is 48.0 Å². The van der Waals surface area contributed by atoms with Gasteiger partial charge < -0.3 is 19.1 Å². The van der Waals surface area contributed by atoms with Crippen molar-refractivity contribution in [3.63, 3.8) is 0 Å². The Morgan fingerprint density at radius 1 is 1.12 bits per heavy atom. The van der Waals surface area contributed by atoms with Crippen LogP contribution in [0.5, 0.6) is 11.5 Å². The average molecular weight is 373 g/mol. The van der Waals surface area contributed by atoms with Crippen LogP contribution in [0.4, 0.5) is 0 Å². The van der Waals surface area contributed by atoms with E-state index < -0.39 is 6.10 Å². The first-order valence-corrected chi connectivity index (χ1v) is 9.98. The molecule has 2 aromatic rings. The number of ether oxygens (including phenoxy) is 3. The van der Waals surface area contributed by atoms with Crippen molar-refractivity contribution in [1.82, 2.24) is 4.90 Å². The van der Waals surface area contributed by atoms with Crippen LogP contribution in [0.25, 0.3) is 0 Å². The molecule has 0 bridgehead atoms. The largest absolute Gasteiger partial charge is 0.485 e. The zero-order chi connectivity index (χ0) is 17.8. The van der Waals surface area contributed by atoms with E-state index in [4.69, 9.17) is 14.2 Å². The summed E-state index contributed by atoms with van der Waals surface area (Å²) in [6.45, 7) is 2.37. The molecule has 1 fully saturated rings. The van der Waals surface area contributed by atoms with Crippen molar-refractivity contribution < 1.29 is 19.0 Å². The summed E-state index contributed by atoms with van der Waals surface area (Å²) in [4.78, 5) is 16.5. The van der Waals surface area contributed by atoms with E-state index in [0.717, 1.165) is 19.3 Å². The fraction of sp³-hybridized carbons (Fsp3) is 0.450. The Kier molecular flexibility index (Phi) is 5.41. The van der Waals surface area contributed by atoms with Crippen LogP contribution in [-0.4, -0.2) is 49.3 Å². The lowest BCUT2D eigenvalue weighted by Gasteiger charge is -2.37. The Balaban J connectivity index is 1.48. The second-order valence-electron chi connectivity index (χ2n) is 6.57. The van der Waals surface area contributed by atoms with E-state index in [1.165, 1.54) is 4.88 Å². The van der Waals surface area contributed by atoms with Gasteiger partial charge in [-0.1, -0.05) is 18.2 Å². The Bertz CT molecular complexity index is 727. The third kappa shape index (κ3) is 3.86. The molecule has 0 aliphatic carbocycles. The average Bonchev–Trinajstić information content (AvgIpc) is 3.22. The standard InChI is InChI=1S/C20H23NO4S/c22-20(19-14-24-17-5-1-2-6-18(17)25-19)21(15-8-11-23-12-9-15)10-7-16-4-3-13-26-16/h1-6,13,15,19H,7-12,14H2. The van der Waals surface area contributed by atoms with Gasteiger partial charge in [-0.25, -0.2) is 0 Å². The number of rotatable bonds is 5. The molecule has 1 unspecified atom stereocenters. The minimum absolute atomic E-state index is 0.0166. The van der Waals surface area contributed by atoms with E-state index in [2.05, 4.69) is 17.5 Å². The maximum absolute atomic E-state index is 13.3. The molecule has 1 atom stereocenters. The summed E-state index contributed by atoms with van der Waals surface area (Å²) in [6.07, 6.45) is 2.03. The van der Waals surface area contributed by atoms with Crippen LogP contribution in [0.15, 0.2) is 41.8 Å². The quantitative estimate of drug-likeness (QED) is 0.808. The summed E-state index contributed by atoms with van der Waals surface area (Å²) < 4.78 is 17.2. The lowest BCUT2D eigenvalue weighted by atomic mass is 10.1. The molecule has 3 heterocycles. The number of thiophene rings is 1. The highest BCUT2D eigenvalue weighted by Crippen LogP contribution is 2.31. The summed E-state index contributed by atoms with van der Waals surface area (Å²) in [5, 5.41) is 2.07. The molecular formula is C20H23NO4S. The van der Waals surface area contributed by atoms with E-state index in [1.54, 1.807) is 11.3 Å². The van der Waals surface area contributed by atoms with E-state index in [0.29, 0.717) is 31.3 Å². The number of fused-ring (bicyclic) bond motifs is 1. The van der Waals surface area contributed by atoms with Gasteiger partial charge >= 0.3 is 0 Å². The molecule has 4 rings (SSSR count).